The van der Waals surface area contributed by atoms with E-state index in [1.807, 2.05) is 61.5 Å². The second-order valence-corrected chi connectivity index (χ2v) is 10.0. The van der Waals surface area contributed by atoms with E-state index in [1.165, 1.54) is 0 Å². The van der Waals surface area contributed by atoms with Crippen molar-refractivity contribution in [2.45, 2.75) is 38.3 Å². The first kappa shape index (κ1) is 33.2. The highest BCUT2D eigenvalue weighted by molar-refractivity contribution is 5.85. The third-order valence-corrected chi connectivity index (χ3v) is 7.50. The lowest BCUT2D eigenvalue weighted by molar-refractivity contribution is -0.124. The van der Waals surface area contributed by atoms with E-state index < -0.39 is 6.04 Å². The van der Waals surface area contributed by atoms with E-state index in [1.54, 1.807) is 31.0 Å². The van der Waals surface area contributed by atoms with E-state index in [-0.39, 0.29) is 48.0 Å². The Morgan fingerprint density at radius 1 is 1.05 bits per heavy atom. The van der Waals surface area contributed by atoms with Crippen LogP contribution in [0.2, 0.25) is 0 Å². The summed E-state index contributed by atoms with van der Waals surface area (Å²) in [4.78, 5) is 35.5. The van der Waals surface area contributed by atoms with Gasteiger partial charge in [0.2, 0.25) is 5.91 Å². The Morgan fingerprint density at radius 2 is 1.70 bits per heavy atom. The van der Waals surface area contributed by atoms with Gasteiger partial charge in [0.1, 0.15) is 23.4 Å². The number of nitrogens with two attached hydrogens (primary N) is 1. The Kier molecular flexibility index (Phi) is 11.4. The number of aromatic nitrogens is 3. The smallest absolute Gasteiger partial charge is 0.294 e. The van der Waals surface area contributed by atoms with E-state index in [9.17, 15) is 9.59 Å². The maximum atomic E-state index is 13.6. The van der Waals surface area contributed by atoms with Crippen molar-refractivity contribution in [1.82, 2.24) is 19.9 Å². The molecule has 0 saturated carbocycles. The monoisotopic (exact) mass is 626 g/mol. The van der Waals surface area contributed by atoms with Crippen LogP contribution in [0.4, 0.5) is 11.6 Å². The van der Waals surface area contributed by atoms with Gasteiger partial charge in [-0.3, -0.25) is 14.2 Å². The number of hydrogen-bond donors (Lipinski definition) is 3. The van der Waals surface area contributed by atoms with Gasteiger partial charge in [-0.1, -0.05) is 30.3 Å². The van der Waals surface area contributed by atoms with Crippen molar-refractivity contribution in [2.24, 2.45) is 0 Å². The second-order valence-electron chi connectivity index (χ2n) is 10.0. The fraction of sp³-hybridized carbons (Fsp3) is 0.290. The highest BCUT2D eigenvalue weighted by Crippen LogP contribution is 2.30. The number of carbonyl (C=O) groups excluding carboxylic acids is 1. The van der Waals surface area contributed by atoms with Crippen LogP contribution in [0.25, 0.3) is 0 Å². The fourth-order valence-corrected chi connectivity index (χ4v) is 5.25. The number of fused-ring (bicyclic) bond motifs is 1. The molecule has 0 fully saturated rings. The summed E-state index contributed by atoms with van der Waals surface area (Å²) in [6.07, 6.45) is 2.80. The highest BCUT2D eigenvalue weighted by Gasteiger charge is 2.31. The minimum atomic E-state index is -0.615. The molecule has 0 aliphatic carbocycles. The zero-order valence-electron chi connectivity index (χ0n) is 24.2. The summed E-state index contributed by atoms with van der Waals surface area (Å²) in [7, 11) is 3.27. The number of hydrogen-bond acceptors (Lipinski definition) is 8. The largest absolute Gasteiger partial charge is 0.497 e. The molecule has 12 heteroatoms. The summed E-state index contributed by atoms with van der Waals surface area (Å²) >= 11 is 0. The van der Waals surface area contributed by atoms with Crippen LogP contribution in [-0.4, -0.2) is 41.2 Å². The first-order valence-electron chi connectivity index (χ1n) is 13.5. The number of nitrogen functional groups attached to an aromatic ring is 1. The van der Waals surface area contributed by atoms with Crippen molar-refractivity contribution in [3.63, 3.8) is 0 Å². The van der Waals surface area contributed by atoms with Gasteiger partial charge in [0.25, 0.3) is 5.56 Å². The van der Waals surface area contributed by atoms with E-state index >= 15 is 0 Å². The van der Waals surface area contributed by atoms with Crippen LogP contribution in [0, 0.1) is 6.92 Å². The summed E-state index contributed by atoms with van der Waals surface area (Å²) in [5, 5.41) is 6.23. The van der Waals surface area contributed by atoms with Gasteiger partial charge in [0.15, 0.2) is 5.82 Å². The third kappa shape index (κ3) is 7.39. The lowest BCUT2D eigenvalue weighted by atomic mass is 9.91. The molecule has 5 rings (SSSR count). The van der Waals surface area contributed by atoms with E-state index in [2.05, 4.69) is 20.6 Å². The molecule has 1 aliphatic rings. The topological polar surface area (TPSA) is 133 Å². The van der Waals surface area contributed by atoms with E-state index in [0.29, 0.717) is 31.7 Å². The van der Waals surface area contributed by atoms with Gasteiger partial charge in [-0.05, 0) is 66.8 Å². The first-order chi connectivity index (χ1) is 19.9. The van der Waals surface area contributed by atoms with Gasteiger partial charge >= 0.3 is 0 Å². The Balaban J connectivity index is 0.00000253. The molecule has 1 atom stereocenters. The minimum absolute atomic E-state index is 0. The highest BCUT2D eigenvalue weighted by atomic mass is 35.5. The third-order valence-electron chi connectivity index (χ3n) is 7.50. The number of ether oxygens (including phenoxy) is 2. The van der Waals surface area contributed by atoms with Crippen LogP contribution in [0.15, 0.2) is 71.7 Å². The minimum Gasteiger partial charge on any atom is -0.497 e. The number of nitrogens with one attached hydrogen (secondary N) is 2. The summed E-state index contributed by atoms with van der Waals surface area (Å²) in [6, 6.07) is 18.6. The molecule has 1 aliphatic heterocycles. The van der Waals surface area contributed by atoms with Gasteiger partial charge in [-0.15, -0.1) is 24.8 Å². The van der Waals surface area contributed by atoms with Crippen molar-refractivity contribution in [3.8, 4) is 11.5 Å². The zero-order chi connectivity index (χ0) is 28.9. The molecule has 4 N–H and O–H groups in total. The molecule has 1 amide bonds. The van der Waals surface area contributed by atoms with Crippen molar-refractivity contribution >= 4 is 42.4 Å². The van der Waals surface area contributed by atoms with Crippen molar-refractivity contribution in [1.29, 1.82) is 0 Å². The number of nitrogens with zero attached hydrogens (tertiary/aromatic N) is 3. The average Bonchev–Trinajstić information content (AvgIpc) is 3.43. The molecule has 43 heavy (non-hydrogen) atoms. The fourth-order valence-electron chi connectivity index (χ4n) is 5.25. The van der Waals surface area contributed by atoms with Crippen LogP contribution in [0.5, 0.6) is 11.5 Å². The summed E-state index contributed by atoms with van der Waals surface area (Å²) in [5.41, 5.74) is 9.81. The normalized spacial score (nSPS) is 13.3. The predicted octanol–water partition coefficient (Wildman–Crippen LogP) is 4.44. The van der Waals surface area contributed by atoms with E-state index in [0.717, 1.165) is 39.6 Å². The summed E-state index contributed by atoms with van der Waals surface area (Å²) in [5.74, 6) is 1.76. The number of anilines is 2. The quantitative estimate of drug-likeness (QED) is 0.235. The van der Waals surface area contributed by atoms with Crippen LogP contribution in [0.3, 0.4) is 0 Å². The summed E-state index contributed by atoms with van der Waals surface area (Å²) < 4.78 is 12.5. The summed E-state index contributed by atoms with van der Waals surface area (Å²) in [6.45, 7) is 2.54. The molecule has 0 unspecified atom stereocenters. The standard InChI is InChI=1S/C31H34N6O4.2ClH/c1-19-22(10-13-28(32)36-19)16-35-30(38)27-12-11-23-17-33-29(31(39)37(23)27)34-18-26(20-6-4-8-24(14-20)40-2)21-7-5-9-25(15-21)41-3;;/h4-10,13-15,17,26-27H,11-12,16,18H2,1-3H3,(H2,32,36)(H,33,34)(H,35,38);2*1H/t27-;;/m0../s1. The Bertz CT molecular complexity index is 1580. The molecule has 0 spiro atoms. The molecule has 2 aromatic heterocycles. The van der Waals surface area contributed by atoms with Crippen LogP contribution < -0.4 is 31.4 Å². The number of benzene rings is 2. The molecular weight excluding hydrogens is 591 g/mol. The number of carbonyl (C=O) groups is 1. The van der Waals surface area contributed by atoms with Crippen LogP contribution in [0.1, 0.15) is 46.5 Å². The molecule has 0 bridgehead atoms. The molecule has 3 heterocycles. The average molecular weight is 628 g/mol. The second kappa shape index (κ2) is 14.8. The number of rotatable bonds is 10. The van der Waals surface area contributed by atoms with Crippen LogP contribution in [-0.2, 0) is 17.8 Å². The molecule has 228 valence electrons. The molecule has 2 aromatic carbocycles. The van der Waals surface area contributed by atoms with Gasteiger partial charge < -0.3 is 25.8 Å². The molecule has 10 nitrogen and oxygen atoms in total. The van der Waals surface area contributed by atoms with Crippen molar-refractivity contribution < 1.29 is 14.3 Å². The first-order valence-corrected chi connectivity index (χ1v) is 13.5. The SMILES string of the molecule is COc1cccc(C(CNc2ncc3n(c2=O)[C@H](C(=O)NCc2ccc(N)nc2C)CC3)c2cccc(OC)c2)c1.Cl.Cl. The maximum Gasteiger partial charge on any atom is 0.294 e. The van der Waals surface area contributed by atoms with Gasteiger partial charge in [0, 0.05) is 36.6 Å². The van der Waals surface area contributed by atoms with Gasteiger partial charge in [-0.2, -0.15) is 0 Å². The Labute approximate surface area is 262 Å². The zero-order valence-corrected chi connectivity index (χ0v) is 25.8. The number of methoxy groups -OCH3 is 2. The van der Waals surface area contributed by atoms with Gasteiger partial charge in [0.05, 0.1) is 14.2 Å². The number of aryl methyl sites for hydroxylation is 2. The molecular formula is C31H36Cl2N6O4. The van der Waals surface area contributed by atoms with Crippen molar-refractivity contribution in [3.05, 3.63) is 105 Å². The van der Waals surface area contributed by atoms with E-state index in [4.69, 9.17) is 15.2 Å². The number of halogens is 2. The maximum absolute atomic E-state index is 13.6. The Hall–Kier alpha value is -4.28. The molecule has 0 saturated heterocycles. The molecule has 0 radical (unpaired) electrons. The van der Waals surface area contributed by atoms with Crippen LogP contribution >= 0.6 is 24.8 Å². The van der Waals surface area contributed by atoms with Gasteiger partial charge in [-0.25, -0.2) is 9.97 Å². The van der Waals surface area contributed by atoms with Crippen molar-refractivity contribution in [2.75, 3.05) is 31.8 Å². The lowest BCUT2D eigenvalue weighted by Gasteiger charge is -2.21. The number of pyridine rings is 1. The number of amides is 1. The predicted molar refractivity (Wildman–Crippen MR) is 172 cm³/mol. The molecule has 4 aromatic rings. The Morgan fingerprint density at radius 3 is 2.30 bits per heavy atom. The lowest BCUT2D eigenvalue weighted by Crippen LogP contribution is -2.36.